The largest absolute Gasteiger partial charge is 0.495 e. The van der Waals surface area contributed by atoms with Crippen molar-refractivity contribution in [3.05, 3.63) is 36.1 Å². The molecule has 2 N–H and O–H groups in total. The zero-order valence-corrected chi connectivity index (χ0v) is 8.93. The number of aliphatic hydroxyl groups excluding tert-OH is 1. The van der Waals surface area contributed by atoms with Gasteiger partial charge in [0.05, 0.1) is 7.11 Å². The molecule has 0 amide bonds. The van der Waals surface area contributed by atoms with E-state index < -0.39 is 11.9 Å². The molecule has 4 heteroatoms. The molecule has 1 rings (SSSR count). The molecule has 0 aliphatic heterocycles. The van der Waals surface area contributed by atoms with Crippen LogP contribution in [-0.4, -0.2) is 36.3 Å². The summed E-state index contributed by atoms with van der Waals surface area (Å²) in [4.78, 5) is 0. The van der Waals surface area contributed by atoms with E-state index in [-0.39, 0.29) is 5.76 Å². The Balaban J connectivity index is 3.05. The average Bonchev–Trinajstić information content (AvgIpc) is 2.25. The first-order chi connectivity index (χ1) is 7.10. The van der Waals surface area contributed by atoms with Crippen molar-refractivity contribution in [1.29, 1.82) is 0 Å². The van der Waals surface area contributed by atoms with Gasteiger partial charge >= 0.3 is 0 Å². The maximum Gasteiger partial charge on any atom is 0.255 e. The van der Waals surface area contributed by atoms with Gasteiger partial charge in [0.1, 0.15) is 6.10 Å². The standard InChI is InChI=1S/C11H16O4/c1-4-5-8-6-7-9(14-2)11(13,15-3)10(8)12/h4,6-7,10,12-13H,1,5H2,2-3H3. The van der Waals surface area contributed by atoms with E-state index in [9.17, 15) is 10.2 Å². The Labute approximate surface area is 89.1 Å². The van der Waals surface area contributed by atoms with E-state index in [4.69, 9.17) is 9.47 Å². The highest BCUT2D eigenvalue weighted by Crippen LogP contribution is 2.32. The van der Waals surface area contributed by atoms with Crippen molar-refractivity contribution in [3.8, 4) is 0 Å². The monoisotopic (exact) mass is 212 g/mol. The molecule has 0 saturated heterocycles. The van der Waals surface area contributed by atoms with Crippen LogP contribution in [0, 0.1) is 0 Å². The molecule has 0 radical (unpaired) electrons. The van der Waals surface area contributed by atoms with Gasteiger partial charge in [-0.15, -0.1) is 6.58 Å². The topological polar surface area (TPSA) is 58.9 Å². The highest BCUT2D eigenvalue weighted by atomic mass is 16.7. The molecule has 84 valence electrons. The van der Waals surface area contributed by atoms with E-state index in [1.807, 2.05) is 0 Å². The summed E-state index contributed by atoms with van der Waals surface area (Å²) < 4.78 is 9.86. The lowest BCUT2D eigenvalue weighted by molar-refractivity contribution is -0.227. The van der Waals surface area contributed by atoms with Gasteiger partial charge in [0.15, 0.2) is 5.76 Å². The molecule has 0 aromatic rings. The lowest BCUT2D eigenvalue weighted by Gasteiger charge is -2.35. The molecule has 0 aromatic heterocycles. The number of hydrogen-bond acceptors (Lipinski definition) is 4. The van der Waals surface area contributed by atoms with Gasteiger partial charge in [-0.05, 0) is 18.1 Å². The summed E-state index contributed by atoms with van der Waals surface area (Å²) in [7, 11) is 2.72. The van der Waals surface area contributed by atoms with Crippen LogP contribution in [-0.2, 0) is 9.47 Å². The van der Waals surface area contributed by atoms with E-state index in [0.717, 1.165) is 0 Å². The molecule has 1 aliphatic rings. The van der Waals surface area contributed by atoms with E-state index in [2.05, 4.69) is 6.58 Å². The van der Waals surface area contributed by atoms with Crippen LogP contribution >= 0.6 is 0 Å². The third-order valence-electron chi connectivity index (χ3n) is 2.43. The fraction of sp³-hybridized carbons (Fsp3) is 0.455. The van der Waals surface area contributed by atoms with Gasteiger partial charge in [-0.3, -0.25) is 0 Å². The second kappa shape index (κ2) is 4.61. The number of ether oxygens (including phenoxy) is 2. The highest BCUT2D eigenvalue weighted by Gasteiger charge is 2.44. The van der Waals surface area contributed by atoms with Crippen LogP contribution in [0.1, 0.15) is 6.42 Å². The zero-order chi connectivity index (χ0) is 11.5. The number of allylic oxidation sites excluding steroid dienone is 3. The Morgan fingerprint density at radius 3 is 2.67 bits per heavy atom. The van der Waals surface area contributed by atoms with Gasteiger partial charge in [0.25, 0.3) is 5.79 Å². The first kappa shape index (κ1) is 12.0. The van der Waals surface area contributed by atoms with Crippen molar-refractivity contribution in [1.82, 2.24) is 0 Å². The van der Waals surface area contributed by atoms with Crippen LogP contribution in [0.25, 0.3) is 0 Å². The van der Waals surface area contributed by atoms with Crippen molar-refractivity contribution in [3.63, 3.8) is 0 Å². The number of methoxy groups -OCH3 is 2. The lowest BCUT2D eigenvalue weighted by atomic mass is 9.92. The SMILES string of the molecule is C=CCC1=CC=C(OC)C(O)(OC)C1O. The van der Waals surface area contributed by atoms with Gasteiger partial charge in [-0.25, -0.2) is 0 Å². The minimum atomic E-state index is -1.80. The molecule has 0 bridgehead atoms. The third kappa shape index (κ3) is 1.97. The summed E-state index contributed by atoms with van der Waals surface area (Å²) in [6.07, 6.45) is 4.27. The first-order valence-corrected chi connectivity index (χ1v) is 4.61. The predicted octanol–water partition coefficient (Wildman–Crippen LogP) is 0.729. The summed E-state index contributed by atoms with van der Waals surface area (Å²) in [6, 6.07) is 0. The fourth-order valence-electron chi connectivity index (χ4n) is 1.55. The maximum absolute atomic E-state index is 10.1. The van der Waals surface area contributed by atoms with Crippen molar-refractivity contribution in [2.75, 3.05) is 14.2 Å². The molecule has 0 saturated carbocycles. The van der Waals surface area contributed by atoms with Gasteiger partial charge in [0.2, 0.25) is 0 Å². The lowest BCUT2D eigenvalue weighted by Crippen LogP contribution is -2.48. The average molecular weight is 212 g/mol. The highest BCUT2D eigenvalue weighted by molar-refractivity contribution is 5.32. The minimum Gasteiger partial charge on any atom is -0.495 e. The second-order valence-corrected chi connectivity index (χ2v) is 3.27. The van der Waals surface area contributed by atoms with Crippen LogP contribution in [0.5, 0.6) is 0 Å². The Hall–Kier alpha value is -1.10. The summed E-state index contributed by atoms with van der Waals surface area (Å²) in [5, 5.41) is 20.0. The number of aliphatic hydroxyl groups is 2. The molecule has 4 nitrogen and oxygen atoms in total. The van der Waals surface area contributed by atoms with E-state index in [1.165, 1.54) is 14.2 Å². The third-order valence-corrected chi connectivity index (χ3v) is 2.43. The van der Waals surface area contributed by atoms with Crippen LogP contribution in [0.15, 0.2) is 36.1 Å². The Bertz CT molecular complexity index is 306. The molecule has 0 spiro atoms. The summed E-state index contributed by atoms with van der Waals surface area (Å²) in [6.45, 7) is 3.58. The van der Waals surface area contributed by atoms with Crippen LogP contribution in [0.3, 0.4) is 0 Å². The number of rotatable bonds is 4. The van der Waals surface area contributed by atoms with Crippen LogP contribution < -0.4 is 0 Å². The second-order valence-electron chi connectivity index (χ2n) is 3.27. The Morgan fingerprint density at radius 1 is 1.53 bits per heavy atom. The zero-order valence-electron chi connectivity index (χ0n) is 8.93. The van der Waals surface area contributed by atoms with E-state index in [1.54, 1.807) is 18.2 Å². The quantitative estimate of drug-likeness (QED) is 0.532. The van der Waals surface area contributed by atoms with Crippen molar-refractivity contribution in [2.45, 2.75) is 18.3 Å². The minimum absolute atomic E-state index is 0.185. The van der Waals surface area contributed by atoms with Crippen LogP contribution in [0.2, 0.25) is 0 Å². The molecule has 2 atom stereocenters. The molecule has 2 unspecified atom stereocenters. The first-order valence-electron chi connectivity index (χ1n) is 4.61. The van der Waals surface area contributed by atoms with Gasteiger partial charge < -0.3 is 19.7 Å². The molecule has 0 fully saturated rings. The molecule has 15 heavy (non-hydrogen) atoms. The van der Waals surface area contributed by atoms with Crippen molar-refractivity contribution < 1.29 is 19.7 Å². The smallest absolute Gasteiger partial charge is 0.255 e. The van der Waals surface area contributed by atoms with Gasteiger partial charge in [0, 0.05) is 7.11 Å². The Kier molecular flexibility index (Phi) is 3.68. The van der Waals surface area contributed by atoms with Gasteiger partial charge in [-0.2, -0.15) is 0 Å². The molecule has 1 aliphatic carbocycles. The summed E-state index contributed by atoms with van der Waals surface area (Å²) >= 11 is 0. The normalized spacial score (nSPS) is 30.5. The summed E-state index contributed by atoms with van der Waals surface area (Å²) in [5.41, 5.74) is 0.634. The fourth-order valence-corrected chi connectivity index (χ4v) is 1.55. The number of hydrogen-bond donors (Lipinski definition) is 2. The maximum atomic E-state index is 10.1. The summed E-state index contributed by atoms with van der Waals surface area (Å²) in [5.74, 6) is -1.62. The molecule has 0 aromatic carbocycles. The Morgan fingerprint density at radius 2 is 2.20 bits per heavy atom. The van der Waals surface area contributed by atoms with Crippen molar-refractivity contribution in [2.24, 2.45) is 0 Å². The predicted molar refractivity (Wildman–Crippen MR) is 56.0 cm³/mol. The molecule has 0 heterocycles. The van der Waals surface area contributed by atoms with Gasteiger partial charge in [-0.1, -0.05) is 12.2 Å². The van der Waals surface area contributed by atoms with E-state index in [0.29, 0.717) is 12.0 Å². The van der Waals surface area contributed by atoms with Crippen LogP contribution in [0.4, 0.5) is 0 Å². The van der Waals surface area contributed by atoms with Crippen molar-refractivity contribution >= 4 is 0 Å². The van der Waals surface area contributed by atoms with E-state index >= 15 is 0 Å². The molecular formula is C11H16O4. The molecular weight excluding hydrogens is 196 g/mol.